The molecule has 0 unspecified atom stereocenters. The lowest BCUT2D eigenvalue weighted by Gasteiger charge is -2.30. The zero-order chi connectivity index (χ0) is 9.14. The van der Waals surface area contributed by atoms with Gasteiger partial charge in [0.25, 0.3) is 0 Å². The lowest BCUT2D eigenvalue weighted by molar-refractivity contribution is 0.248. The summed E-state index contributed by atoms with van der Waals surface area (Å²) in [5.74, 6) is 0. The zero-order valence-electron chi connectivity index (χ0n) is 8.85. The summed E-state index contributed by atoms with van der Waals surface area (Å²) in [4.78, 5) is 2.36. The monoisotopic (exact) mass is 167 g/mol. The minimum absolute atomic E-state index is 0.827. The molecule has 1 rings (SSSR count). The van der Waals surface area contributed by atoms with Crippen LogP contribution in [-0.2, 0) is 0 Å². The molecule has 1 aliphatic carbocycles. The van der Waals surface area contributed by atoms with Crippen LogP contribution in [0.15, 0.2) is 11.1 Å². The van der Waals surface area contributed by atoms with E-state index < -0.39 is 0 Å². The molecule has 0 heterocycles. The molecule has 1 nitrogen and oxygen atoms in total. The van der Waals surface area contributed by atoms with Gasteiger partial charge in [0.05, 0.1) is 0 Å². The Kier molecular flexibility index (Phi) is 3.33. The molecule has 0 aromatic heterocycles. The molecule has 0 aliphatic heterocycles. The van der Waals surface area contributed by atoms with E-state index in [1.54, 1.807) is 11.1 Å². The van der Waals surface area contributed by atoms with Gasteiger partial charge in [0.1, 0.15) is 0 Å². The van der Waals surface area contributed by atoms with Crippen molar-refractivity contribution in [2.24, 2.45) is 0 Å². The van der Waals surface area contributed by atoms with Crippen LogP contribution in [0.4, 0.5) is 0 Å². The highest BCUT2D eigenvalue weighted by Gasteiger charge is 2.18. The van der Waals surface area contributed by atoms with E-state index >= 15 is 0 Å². The summed E-state index contributed by atoms with van der Waals surface area (Å²) in [6.07, 6.45) is 5.36. The third-order valence-corrected chi connectivity index (χ3v) is 3.00. The predicted octanol–water partition coefficient (Wildman–Crippen LogP) is 2.83. The van der Waals surface area contributed by atoms with Gasteiger partial charge in [0, 0.05) is 6.04 Å². The topological polar surface area (TPSA) is 3.24 Å². The molecule has 1 heteroatoms. The third-order valence-electron chi connectivity index (χ3n) is 3.00. The fourth-order valence-electron chi connectivity index (χ4n) is 1.97. The van der Waals surface area contributed by atoms with Gasteiger partial charge in [-0.25, -0.2) is 0 Å². The maximum Gasteiger partial charge on any atom is 0.00952 e. The van der Waals surface area contributed by atoms with E-state index in [4.69, 9.17) is 0 Å². The molecule has 0 spiro atoms. The molecule has 70 valence electrons. The summed E-state index contributed by atoms with van der Waals surface area (Å²) in [6.45, 7) is 4.48. The van der Waals surface area contributed by atoms with Crippen LogP contribution in [-0.4, -0.2) is 25.0 Å². The first-order chi connectivity index (χ1) is 5.61. The van der Waals surface area contributed by atoms with Gasteiger partial charge in [0.2, 0.25) is 0 Å². The molecule has 0 bridgehead atoms. The van der Waals surface area contributed by atoms with Crippen molar-refractivity contribution in [1.82, 2.24) is 4.90 Å². The molecule has 1 saturated carbocycles. The van der Waals surface area contributed by atoms with Gasteiger partial charge in [-0.15, -0.1) is 0 Å². The van der Waals surface area contributed by atoms with Crippen molar-refractivity contribution < 1.29 is 0 Å². The van der Waals surface area contributed by atoms with Gasteiger partial charge in [-0.3, -0.25) is 0 Å². The van der Waals surface area contributed by atoms with Crippen LogP contribution in [0.5, 0.6) is 0 Å². The standard InChI is InChI=1S/C11H21N/c1-9(2)10-5-7-11(8-6-10)12(3)4/h11H,5-8H2,1-4H3. The number of rotatable bonds is 1. The van der Waals surface area contributed by atoms with Gasteiger partial charge < -0.3 is 4.90 Å². The van der Waals surface area contributed by atoms with Crippen molar-refractivity contribution in [3.05, 3.63) is 11.1 Å². The van der Waals surface area contributed by atoms with Crippen LogP contribution in [0.25, 0.3) is 0 Å². The molecule has 12 heavy (non-hydrogen) atoms. The van der Waals surface area contributed by atoms with Crippen LogP contribution in [0.3, 0.4) is 0 Å². The third kappa shape index (κ3) is 2.34. The van der Waals surface area contributed by atoms with Crippen LogP contribution in [0.1, 0.15) is 39.5 Å². The highest BCUT2D eigenvalue weighted by atomic mass is 15.1. The van der Waals surface area contributed by atoms with Crippen molar-refractivity contribution in [3.63, 3.8) is 0 Å². The number of hydrogen-bond donors (Lipinski definition) is 0. The van der Waals surface area contributed by atoms with Crippen molar-refractivity contribution in [3.8, 4) is 0 Å². The fraction of sp³-hybridized carbons (Fsp3) is 0.818. The van der Waals surface area contributed by atoms with Crippen molar-refractivity contribution >= 4 is 0 Å². The fourth-order valence-corrected chi connectivity index (χ4v) is 1.97. The Labute approximate surface area is 76.5 Å². The number of allylic oxidation sites excluding steroid dienone is 2. The first-order valence-electron chi connectivity index (χ1n) is 4.93. The van der Waals surface area contributed by atoms with E-state index in [0.717, 1.165) is 6.04 Å². The average molecular weight is 167 g/mol. The van der Waals surface area contributed by atoms with Crippen LogP contribution < -0.4 is 0 Å². The lowest BCUT2D eigenvalue weighted by atomic mass is 9.88. The maximum atomic E-state index is 2.36. The van der Waals surface area contributed by atoms with Crippen LogP contribution in [0.2, 0.25) is 0 Å². The Bertz CT molecular complexity index is 165. The number of nitrogens with zero attached hydrogens (tertiary/aromatic N) is 1. The van der Waals surface area contributed by atoms with Crippen molar-refractivity contribution in [2.45, 2.75) is 45.6 Å². The largest absolute Gasteiger partial charge is 0.306 e. The highest BCUT2D eigenvalue weighted by Crippen LogP contribution is 2.27. The average Bonchev–Trinajstić information content (AvgIpc) is 2.04. The van der Waals surface area contributed by atoms with Crippen molar-refractivity contribution in [1.29, 1.82) is 0 Å². The molecule has 0 N–H and O–H groups in total. The van der Waals surface area contributed by atoms with Crippen LogP contribution in [0, 0.1) is 0 Å². The van der Waals surface area contributed by atoms with E-state index in [1.165, 1.54) is 25.7 Å². The molecular formula is C11H21N. The SMILES string of the molecule is CC(C)=C1CCC(N(C)C)CC1. The van der Waals surface area contributed by atoms with E-state index in [0.29, 0.717) is 0 Å². The van der Waals surface area contributed by atoms with Crippen molar-refractivity contribution in [2.75, 3.05) is 14.1 Å². The second kappa shape index (κ2) is 4.08. The van der Waals surface area contributed by atoms with Gasteiger partial charge >= 0.3 is 0 Å². The Morgan fingerprint density at radius 2 is 1.67 bits per heavy atom. The molecule has 0 atom stereocenters. The molecule has 0 aromatic carbocycles. The van der Waals surface area contributed by atoms with Gasteiger partial charge in [-0.1, -0.05) is 11.1 Å². The Balaban J connectivity index is 2.45. The minimum atomic E-state index is 0.827. The summed E-state index contributed by atoms with van der Waals surface area (Å²) in [5, 5.41) is 0. The first-order valence-corrected chi connectivity index (χ1v) is 4.93. The Morgan fingerprint density at radius 1 is 1.17 bits per heavy atom. The predicted molar refractivity (Wildman–Crippen MR) is 54.3 cm³/mol. The van der Waals surface area contributed by atoms with E-state index in [2.05, 4.69) is 32.8 Å². The summed E-state index contributed by atoms with van der Waals surface area (Å²) < 4.78 is 0. The quantitative estimate of drug-likeness (QED) is 0.543. The van der Waals surface area contributed by atoms with E-state index in [9.17, 15) is 0 Å². The van der Waals surface area contributed by atoms with Crippen LogP contribution >= 0.6 is 0 Å². The Hall–Kier alpha value is -0.300. The van der Waals surface area contributed by atoms with E-state index in [-0.39, 0.29) is 0 Å². The Morgan fingerprint density at radius 3 is 2.00 bits per heavy atom. The molecule has 0 saturated heterocycles. The second-order valence-corrected chi connectivity index (χ2v) is 4.30. The summed E-state index contributed by atoms with van der Waals surface area (Å²) in [6, 6.07) is 0.827. The molecule has 1 fully saturated rings. The zero-order valence-corrected chi connectivity index (χ0v) is 8.85. The minimum Gasteiger partial charge on any atom is -0.306 e. The molecule has 0 aromatic rings. The summed E-state index contributed by atoms with van der Waals surface area (Å²) >= 11 is 0. The maximum absolute atomic E-state index is 2.36. The van der Waals surface area contributed by atoms with Gasteiger partial charge in [-0.2, -0.15) is 0 Å². The highest BCUT2D eigenvalue weighted by molar-refractivity contribution is 5.12. The molecular weight excluding hydrogens is 146 g/mol. The summed E-state index contributed by atoms with van der Waals surface area (Å²) in [5.41, 5.74) is 3.25. The molecule has 0 amide bonds. The normalized spacial score (nSPS) is 24.8. The number of hydrogen-bond acceptors (Lipinski definition) is 1. The summed E-state index contributed by atoms with van der Waals surface area (Å²) in [7, 11) is 4.39. The smallest absolute Gasteiger partial charge is 0.00952 e. The van der Waals surface area contributed by atoms with Gasteiger partial charge in [0.15, 0.2) is 0 Å². The molecule has 1 aliphatic rings. The first kappa shape index (κ1) is 9.79. The lowest BCUT2D eigenvalue weighted by Crippen LogP contribution is -2.30. The van der Waals surface area contributed by atoms with E-state index in [1.807, 2.05) is 0 Å². The second-order valence-electron chi connectivity index (χ2n) is 4.30. The molecule has 0 radical (unpaired) electrons. The van der Waals surface area contributed by atoms with Gasteiger partial charge in [-0.05, 0) is 53.6 Å².